The zero-order valence-electron chi connectivity index (χ0n) is 11.2. The molecule has 1 amide bonds. The fourth-order valence-corrected chi connectivity index (χ4v) is 2.26. The Bertz CT molecular complexity index is 514. The molecule has 0 saturated carbocycles. The van der Waals surface area contributed by atoms with Gasteiger partial charge in [0.05, 0.1) is 11.8 Å². The third-order valence-electron chi connectivity index (χ3n) is 2.79. The summed E-state index contributed by atoms with van der Waals surface area (Å²) in [6.07, 6.45) is 1.60. The third kappa shape index (κ3) is 5.85. The van der Waals surface area contributed by atoms with Crippen molar-refractivity contribution < 1.29 is 13.2 Å². The van der Waals surface area contributed by atoms with E-state index in [-0.39, 0.29) is 18.2 Å². The van der Waals surface area contributed by atoms with Gasteiger partial charge >= 0.3 is 0 Å². The second kappa shape index (κ2) is 6.68. The molecule has 0 heterocycles. The first kappa shape index (κ1) is 15.7. The standard InChI is InChI=1S/C13H20N2O3S/c1-15(8-9-19(2,17)18)13(16)12(14)10-11-6-4-3-5-7-11/h3-7,12H,8-10,14H2,1-2H3/t12-/m1/s1. The maximum atomic E-state index is 12.0. The smallest absolute Gasteiger partial charge is 0.239 e. The lowest BCUT2D eigenvalue weighted by atomic mass is 10.1. The van der Waals surface area contributed by atoms with Crippen LogP contribution in [0.5, 0.6) is 0 Å². The Morgan fingerprint density at radius 1 is 1.32 bits per heavy atom. The van der Waals surface area contributed by atoms with Crippen molar-refractivity contribution >= 4 is 15.7 Å². The molecular weight excluding hydrogens is 264 g/mol. The number of hydrogen-bond donors (Lipinski definition) is 1. The van der Waals surface area contributed by atoms with Gasteiger partial charge in [-0.2, -0.15) is 0 Å². The van der Waals surface area contributed by atoms with Crippen LogP contribution in [0.2, 0.25) is 0 Å². The summed E-state index contributed by atoms with van der Waals surface area (Å²) in [4.78, 5) is 13.3. The molecule has 1 atom stereocenters. The number of carbonyl (C=O) groups excluding carboxylic acids is 1. The van der Waals surface area contributed by atoms with Gasteiger partial charge in [0.1, 0.15) is 9.84 Å². The van der Waals surface area contributed by atoms with Crippen molar-refractivity contribution in [3.05, 3.63) is 35.9 Å². The number of rotatable bonds is 6. The number of hydrogen-bond acceptors (Lipinski definition) is 4. The number of amides is 1. The molecule has 2 N–H and O–H groups in total. The summed E-state index contributed by atoms with van der Waals surface area (Å²) in [6.45, 7) is 0.167. The molecule has 0 saturated heterocycles. The van der Waals surface area contributed by atoms with Crippen LogP contribution in [0.4, 0.5) is 0 Å². The van der Waals surface area contributed by atoms with Crippen molar-refractivity contribution in [3.63, 3.8) is 0 Å². The lowest BCUT2D eigenvalue weighted by Gasteiger charge is -2.21. The Morgan fingerprint density at radius 3 is 2.42 bits per heavy atom. The summed E-state index contributed by atoms with van der Waals surface area (Å²) in [5.74, 6) is -0.291. The van der Waals surface area contributed by atoms with Crippen molar-refractivity contribution in [3.8, 4) is 0 Å². The largest absolute Gasteiger partial charge is 0.343 e. The second-order valence-corrected chi connectivity index (χ2v) is 6.95. The number of carbonyl (C=O) groups is 1. The van der Waals surface area contributed by atoms with Gasteiger partial charge in [-0.3, -0.25) is 4.79 Å². The molecule has 106 valence electrons. The molecule has 0 fully saturated rings. The van der Waals surface area contributed by atoms with E-state index in [4.69, 9.17) is 5.73 Å². The first-order valence-electron chi connectivity index (χ1n) is 6.02. The van der Waals surface area contributed by atoms with E-state index in [2.05, 4.69) is 0 Å². The Morgan fingerprint density at radius 2 is 1.89 bits per heavy atom. The minimum Gasteiger partial charge on any atom is -0.343 e. The Hall–Kier alpha value is -1.40. The molecule has 1 aromatic rings. The van der Waals surface area contributed by atoms with Gasteiger partial charge in [-0.1, -0.05) is 30.3 Å². The lowest BCUT2D eigenvalue weighted by Crippen LogP contribution is -2.44. The van der Waals surface area contributed by atoms with Crippen LogP contribution in [-0.4, -0.2) is 50.9 Å². The summed E-state index contributed by atoms with van der Waals surface area (Å²) >= 11 is 0. The summed E-state index contributed by atoms with van der Waals surface area (Å²) in [7, 11) is -1.50. The maximum Gasteiger partial charge on any atom is 0.239 e. The molecule has 1 rings (SSSR count). The molecular formula is C13H20N2O3S. The fraction of sp³-hybridized carbons (Fsp3) is 0.462. The van der Waals surface area contributed by atoms with Crippen molar-refractivity contribution in [1.82, 2.24) is 4.90 Å². The molecule has 0 aromatic heterocycles. The second-order valence-electron chi connectivity index (χ2n) is 4.69. The predicted octanol–water partition coefficient (Wildman–Crippen LogP) is 0.0594. The number of benzene rings is 1. The summed E-state index contributed by atoms with van der Waals surface area (Å²) in [5.41, 5.74) is 6.83. The van der Waals surface area contributed by atoms with E-state index >= 15 is 0 Å². The molecule has 19 heavy (non-hydrogen) atoms. The first-order chi connectivity index (χ1) is 8.79. The van der Waals surface area contributed by atoms with Crippen molar-refractivity contribution in [2.45, 2.75) is 12.5 Å². The monoisotopic (exact) mass is 284 g/mol. The molecule has 0 bridgehead atoms. The highest BCUT2D eigenvalue weighted by molar-refractivity contribution is 7.90. The normalized spacial score (nSPS) is 13.0. The van der Waals surface area contributed by atoms with Crippen molar-refractivity contribution in [2.24, 2.45) is 5.73 Å². The Kier molecular flexibility index (Phi) is 5.50. The first-order valence-corrected chi connectivity index (χ1v) is 8.08. The molecule has 0 aliphatic heterocycles. The lowest BCUT2D eigenvalue weighted by molar-refractivity contribution is -0.131. The van der Waals surface area contributed by atoms with Crippen LogP contribution >= 0.6 is 0 Å². The van der Waals surface area contributed by atoms with Crippen LogP contribution in [-0.2, 0) is 21.1 Å². The summed E-state index contributed by atoms with van der Waals surface area (Å²) in [5, 5.41) is 0. The highest BCUT2D eigenvalue weighted by Gasteiger charge is 2.19. The van der Waals surface area contributed by atoms with Gasteiger partial charge in [-0.25, -0.2) is 8.42 Å². The highest BCUT2D eigenvalue weighted by Crippen LogP contribution is 2.04. The SMILES string of the molecule is CN(CCS(C)(=O)=O)C(=O)[C@H](N)Cc1ccccc1. The predicted molar refractivity (Wildman–Crippen MR) is 75.5 cm³/mol. The van der Waals surface area contributed by atoms with Crippen LogP contribution in [0.3, 0.4) is 0 Å². The van der Waals surface area contributed by atoms with E-state index in [1.807, 2.05) is 30.3 Å². The molecule has 0 spiro atoms. The Balaban J connectivity index is 2.52. The van der Waals surface area contributed by atoms with Gasteiger partial charge in [0.2, 0.25) is 5.91 Å². The van der Waals surface area contributed by atoms with Crippen molar-refractivity contribution in [2.75, 3.05) is 25.6 Å². The summed E-state index contributed by atoms with van der Waals surface area (Å²) < 4.78 is 22.1. The number of nitrogens with zero attached hydrogens (tertiary/aromatic N) is 1. The summed E-state index contributed by atoms with van der Waals surface area (Å²) in [6, 6.07) is 8.84. The van der Waals surface area contributed by atoms with Crippen LogP contribution in [0, 0.1) is 0 Å². The van der Waals surface area contributed by atoms with Gasteiger partial charge in [0, 0.05) is 19.8 Å². The van der Waals surface area contributed by atoms with E-state index in [0.717, 1.165) is 11.8 Å². The van der Waals surface area contributed by atoms with Gasteiger partial charge in [-0.05, 0) is 12.0 Å². The minimum absolute atomic E-state index is 0.0483. The molecule has 5 nitrogen and oxygen atoms in total. The zero-order valence-corrected chi connectivity index (χ0v) is 12.1. The quantitative estimate of drug-likeness (QED) is 0.801. The molecule has 0 unspecified atom stereocenters. The molecule has 0 radical (unpaired) electrons. The average Bonchev–Trinajstić information content (AvgIpc) is 2.35. The molecule has 6 heteroatoms. The van der Waals surface area contributed by atoms with Crippen LogP contribution in [0.25, 0.3) is 0 Å². The average molecular weight is 284 g/mol. The fourth-order valence-electron chi connectivity index (χ4n) is 1.65. The maximum absolute atomic E-state index is 12.0. The van der Waals surface area contributed by atoms with E-state index in [9.17, 15) is 13.2 Å². The van der Waals surface area contributed by atoms with Crippen LogP contribution in [0.1, 0.15) is 5.56 Å². The number of likely N-dealkylation sites (N-methyl/N-ethyl adjacent to an activating group) is 1. The highest BCUT2D eigenvalue weighted by atomic mass is 32.2. The molecule has 0 aliphatic rings. The van der Waals surface area contributed by atoms with E-state index in [0.29, 0.717) is 6.42 Å². The van der Waals surface area contributed by atoms with Gasteiger partial charge < -0.3 is 10.6 Å². The van der Waals surface area contributed by atoms with E-state index in [1.165, 1.54) is 4.90 Å². The van der Waals surface area contributed by atoms with Crippen molar-refractivity contribution in [1.29, 1.82) is 0 Å². The number of sulfone groups is 1. The number of nitrogens with two attached hydrogens (primary N) is 1. The third-order valence-corrected chi connectivity index (χ3v) is 3.71. The van der Waals surface area contributed by atoms with E-state index in [1.54, 1.807) is 7.05 Å². The van der Waals surface area contributed by atoms with Crippen LogP contribution in [0.15, 0.2) is 30.3 Å². The van der Waals surface area contributed by atoms with Gasteiger partial charge in [0.15, 0.2) is 0 Å². The van der Waals surface area contributed by atoms with E-state index < -0.39 is 15.9 Å². The molecule has 0 aliphatic carbocycles. The topological polar surface area (TPSA) is 80.5 Å². The minimum atomic E-state index is -3.07. The van der Waals surface area contributed by atoms with Gasteiger partial charge in [-0.15, -0.1) is 0 Å². The van der Waals surface area contributed by atoms with Gasteiger partial charge in [0.25, 0.3) is 0 Å². The molecule has 1 aromatic carbocycles. The zero-order chi connectivity index (χ0) is 14.5. The Labute approximate surface area is 114 Å². The van der Waals surface area contributed by atoms with Crippen LogP contribution < -0.4 is 5.73 Å².